The fraction of sp³-hybridized carbons (Fsp3) is 0.500. The molecule has 146 valence electrons. The van der Waals surface area contributed by atoms with Crippen molar-refractivity contribution >= 4 is 28.9 Å². The molecular weight excluding hydrogens is 378 g/mol. The Labute approximate surface area is 170 Å². The molecule has 1 fully saturated rings. The number of hydrogen-bond donors (Lipinski definition) is 2. The molecule has 1 aliphatic heterocycles. The number of aromatic nitrogens is 1. The molecule has 2 heterocycles. The lowest BCUT2D eigenvalue weighted by atomic mass is 10.1. The van der Waals surface area contributed by atoms with Crippen LogP contribution in [-0.4, -0.2) is 49.1 Å². The zero-order valence-corrected chi connectivity index (χ0v) is 17.6. The van der Waals surface area contributed by atoms with Crippen LogP contribution in [0.4, 0.5) is 0 Å². The standard InChI is InChI=1S/C20H28ClN5S/c1-15-13-24-19(27-15)8-9-23-20(22-2)25-14-18(26-10-3-4-11-26)16-6-5-7-17(21)12-16/h5-7,12-13,18H,3-4,8-11,14H2,1-2H3,(H2,22,23,25). The Morgan fingerprint density at radius 3 is 2.81 bits per heavy atom. The van der Waals surface area contributed by atoms with Crippen molar-refractivity contribution in [1.29, 1.82) is 0 Å². The molecule has 0 spiro atoms. The van der Waals surface area contributed by atoms with Gasteiger partial charge in [-0.1, -0.05) is 23.7 Å². The van der Waals surface area contributed by atoms with Gasteiger partial charge in [-0.3, -0.25) is 9.89 Å². The molecule has 1 aliphatic rings. The number of aliphatic imine (C=N–C) groups is 1. The maximum absolute atomic E-state index is 6.23. The van der Waals surface area contributed by atoms with Gasteiger partial charge < -0.3 is 10.6 Å². The van der Waals surface area contributed by atoms with E-state index in [4.69, 9.17) is 11.6 Å². The summed E-state index contributed by atoms with van der Waals surface area (Å²) in [7, 11) is 1.81. The van der Waals surface area contributed by atoms with Gasteiger partial charge >= 0.3 is 0 Å². The summed E-state index contributed by atoms with van der Waals surface area (Å²) in [6.45, 7) is 5.97. The lowest BCUT2D eigenvalue weighted by molar-refractivity contribution is 0.245. The molecule has 0 bridgehead atoms. The van der Waals surface area contributed by atoms with Crippen LogP contribution in [0.1, 0.15) is 34.3 Å². The van der Waals surface area contributed by atoms with E-state index in [1.807, 2.05) is 25.4 Å². The predicted molar refractivity (Wildman–Crippen MR) is 115 cm³/mol. The minimum Gasteiger partial charge on any atom is -0.356 e. The van der Waals surface area contributed by atoms with Crippen LogP contribution in [0.5, 0.6) is 0 Å². The second-order valence-electron chi connectivity index (χ2n) is 6.81. The molecule has 27 heavy (non-hydrogen) atoms. The number of nitrogens with zero attached hydrogens (tertiary/aromatic N) is 3. The summed E-state index contributed by atoms with van der Waals surface area (Å²) in [6, 6.07) is 8.50. The topological polar surface area (TPSA) is 52.6 Å². The molecule has 1 unspecified atom stereocenters. The highest BCUT2D eigenvalue weighted by atomic mass is 35.5. The van der Waals surface area contributed by atoms with E-state index in [1.54, 1.807) is 11.3 Å². The third kappa shape index (κ3) is 5.92. The Kier molecular flexibility index (Phi) is 7.50. The highest BCUT2D eigenvalue weighted by molar-refractivity contribution is 7.11. The second-order valence-corrected chi connectivity index (χ2v) is 8.56. The fourth-order valence-corrected chi connectivity index (χ4v) is 4.43. The quantitative estimate of drug-likeness (QED) is 0.545. The third-order valence-electron chi connectivity index (χ3n) is 4.80. The Bertz CT molecular complexity index is 754. The molecule has 0 aliphatic carbocycles. The van der Waals surface area contributed by atoms with Crippen molar-refractivity contribution in [1.82, 2.24) is 20.5 Å². The number of hydrogen-bond acceptors (Lipinski definition) is 4. The van der Waals surface area contributed by atoms with Crippen molar-refractivity contribution in [3.63, 3.8) is 0 Å². The van der Waals surface area contributed by atoms with E-state index in [0.29, 0.717) is 6.04 Å². The maximum atomic E-state index is 6.23. The normalized spacial score (nSPS) is 16.5. The first-order chi connectivity index (χ1) is 13.2. The summed E-state index contributed by atoms with van der Waals surface area (Å²) < 4.78 is 0. The Balaban J connectivity index is 1.56. The maximum Gasteiger partial charge on any atom is 0.191 e. The zero-order chi connectivity index (χ0) is 19.1. The molecule has 1 saturated heterocycles. The van der Waals surface area contributed by atoms with Crippen molar-refractivity contribution in [3.05, 3.63) is 50.9 Å². The molecule has 2 N–H and O–H groups in total. The number of guanidine groups is 1. The molecule has 0 radical (unpaired) electrons. The van der Waals surface area contributed by atoms with E-state index < -0.39 is 0 Å². The van der Waals surface area contributed by atoms with Crippen LogP contribution in [-0.2, 0) is 6.42 Å². The average Bonchev–Trinajstić information content (AvgIpc) is 3.32. The van der Waals surface area contributed by atoms with Gasteiger partial charge in [0, 0.05) is 42.7 Å². The minimum absolute atomic E-state index is 0.298. The Hall–Kier alpha value is -1.63. The molecule has 1 atom stereocenters. The van der Waals surface area contributed by atoms with Crippen molar-refractivity contribution < 1.29 is 0 Å². The van der Waals surface area contributed by atoms with Gasteiger partial charge in [-0.05, 0) is 50.6 Å². The number of thiazole rings is 1. The lowest BCUT2D eigenvalue weighted by Gasteiger charge is -2.29. The van der Waals surface area contributed by atoms with Crippen LogP contribution >= 0.6 is 22.9 Å². The van der Waals surface area contributed by atoms with Gasteiger partial charge in [0.25, 0.3) is 0 Å². The number of aryl methyl sites for hydroxylation is 1. The van der Waals surface area contributed by atoms with Crippen LogP contribution in [0.25, 0.3) is 0 Å². The zero-order valence-electron chi connectivity index (χ0n) is 16.0. The molecule has 1 aromatic heterocycles. The summed E-state index contributed by atoms with van der Waals surface area (Å²) in [5, 5.41) is 8.84. The number of halogens is 1. The average molecular weight is 406 g/mol. The van der Waals surface area contributed by atoms with Crippen molar-refractivity contribution in [2.45, 2.75) is 32.2 Å². The first-order valence-electron chi connectivity index (χ1n) is 9.51. The first kappa shape index (κ1) is 20.1. The smallest absolute Gasteiger partial charge is 0.191 e. The fourth-order valence-electron chi connectivity index (χ4n) is 3.44. The molecule has 0 amide bonds. The third-order valence-corrected chi connectivity index (χ3v) is 6.01. The van der Waals surface area contributed by atoms with Crippen LogP contribution in [0, 0.1) is 6.92 Å². The Morgan fingerprint density at radius 1 is 1.33 bits per heavy atom. The largest absolute Gasteiger partial charge is 0.356 e. The van der Waals surface area contributed by atoms with Crippen LogP contribution in [0.2, 0.25) is 5.02 Å². The highest BCUT2D eigenvalue weighted by Gasteiger charge is 2.23. The minimum atomic E-state index is 0.298. The van der Waals surface area contributed by atoms with Gasteiger partial charge in [-0.2, -0.15) is 0 Å². The van der Waals surface area contributed by atoms with Crippen LogP contribution < -0.4 is 10.6 Å². The predicted octanol–water partition coefficient (Wildman–Crippen LogP) is 3.65. The van der Waals surface area contributed by atoms with E-state index in [0.717, 1.165) is 48.6 Å². The summed E-state index contributed by atoms with van der Waals surface area (Å²) in [5.41, 5.74) is 1.26. The Morgan fingerprint density at radius 2 is 2.15 bits per heavy atom. The van der Waals surface area contributed by atoms with E-state index in [9.17, 15) is 0 Å². The van der Waals surface area contributed by atoms with Gasteiger partial charge in [0.1, 0.15) is 0 Å². The second kappa shape index (κ2) is 10.1. The first-order valence-corrected chi connectivity index (χ1v) is 10.7. The van der Waals surface area contributed by atoms with E-state index in [-0.39, 0.29) is 0 Å². The lowest BCUT2D eigenvalue weighted by Crippen LogP contribution is -2.43. The van der Waals surface area contributed by atoms with Gasteiger partial charge in [0.15, 0.2) is 5.96 Å². The summed E-state index contributed by atoms with van der Waals surface area (Å²) in [4.78, 5) is 12.6. The monoisotopic (exact) mass is 405 g/mol. The summed E-state index contributed by atoms with van der Waals surface area (Å²) >= 11 is 7.98. The van der Waals surface area contributed by atoms with Crippen molar-refractivity contribution in [2.75, 3.05) is 33.2 Å². The molecule has 2 aromatic rings. The van der Waals surface area contributed by atoms with Crippen LogP contribution in [0.3, 0.4) is 0 Å². The molecule has 5 nitrogen and oxygen atoms in total. The van der Waals surface area contributed by atoms with E-state index >= 15 is 0 Å². The molecule has 1 aromatic carbocycles. The van der Waals surface area contributed by atoms with Gasteiger partial charge in [0.05, 0.1) is 11.0 Å². The van der Waals surface area contributed by atoms with Crippen molar-refractivity contribution in [3.8, 4) is 0 Å². The van der Waals surface area contributed by atoms with Crippen molar-refractivity contribution in [2.24, 2.45) is 4.99 Å². The number of benzene rings is 1. The molecule has 3 rings (SSSR count). The summed E-state index contributed by atoms with van der Waals surface area (Å²) in [5.74, 6) is 0.828. The number of likely N-dealkylation sites (tertiary alicyclic amines) is 1. The SMILES string of the molecule is CN=C(NCCc1ncc(C)s1)NCC(c1cccc(Cl)c1)N1CCCC1. The van der Waals surface area contributed by atoms with Gasteiger partial charge in [-0.25, -0.2) is 4.98 Å². The van der Waals surface area contributed by atoms with E-state index in [2.05, 4.69) is 44.6 Å². The number of rotatable bonds is 7. The highest BCUT2D eigenvalue weighted by Crippen LogP contribution is 2.26. The van der Waals surface area contributed by atoms with Gasteiger partial charge in [0.2, 0.25) is 0 Å². The molecule has 7 heteroatoms. The molecule has 0 saturated carbocycles. The van der Waals surface area contributed by atoms with Crippen LogP contribution in [0.15, 0.2) is 35.5 Å². The number of nitrogens with one attached hydrogen (secondary N) is 2. The molecular formula is C20H28ClN5S. The van der Waals surface area contributed by atoms with E-state index in [1.165, 1.54) is 23.3 Å². The summed E-state index contributed by atoms with van der Waals surface area (Å²) in [6.07, 6.45) is 5.36. The van der Waals surface area contributed by atoms with Gasteiger partial charge in [-0.15, -0.1) is 11.3 Å².